The number of rotatable bonds is 1. The molecule has 76 valence electrons. The lowest BCUT2D eigenvalue weighted by Gasteiger charge is -2.29. The second-order valence-electron chi connectivity index (χ2n) is 3.01. The molecule has 1 spiro atoms. The van der Waals surface area contributed by atoms with E-state index in [0.29, 0.717) is 6.61 Å². The lowest BCUT2D eigenvalue weighted by atomic mass is 10.4. The fourth-order valence-electron chi connectivity index (χ4n) is 1.19. The van der Waals surface area contributed by atoms with Crippen molar-refractivity contribution in [2.45, 2.75) is 12.2 Å². The van der Waals surface area contributed by atoms with E-state index in [2.05, 4.69) is 0 Å². The molecule has 6 nitrogen and oxygen atoms in total. The monoisotopic (exact) mass is 208 g/mol. The molecule has 0 radical (unpaired) electrons. The molecule has 13 heavy (non-hydrogen) atoms. The van der Waals surface area contributed by atoms with Gasteiger partial charge in [0.1, 0.15) is 0 Å². The minimum absolute atomic E-state index is 0.107. The highest BCUT2D eigenvalue weighted by Crippen LogP contribution is 2.24. The molecule has 2 heterocycles. The Kier molecular flexibility index (Phi) is 2.65. The summed E-state index contributed by atoms with van der Waals surface area (Å²) in [7, 11) is -2.97. The summed E-state index contributed by atoms with van der Waals surface area (Å²) in [6, 6.07) is 0. The van der Waals surface area contributed by atoms with Crippen LogP contribution in [0.2, 0.25) is 0 Å². The van der Waals surface area contributed by atoms with E-state index in [4.69, 9.17) is 27.9 Å². The Labute approximate surface area is 76.5 Å². The van der Waals surface area contributed by atoms with Crippen molar-refractivity contribution in [3.05, 3.63) is 0 Å². The van der Waals surface area contributed by atoms with Gasteiger partial charge in [-0.2, -0.15) is 0 Å². The second-order valence-corrected chi connectivity index (χ2v) is 5.11. The molecule has 2 aliphatic heterocycles. The topological polar surface area (TPSA) is 77.4 Å². The van der Waals surface area contributed by atoms with Gasteiger partial charge in [0.05, 0.1) is 38.6 Å². The van der Waals surface area contributed by atoms with E-state index in [9.17, 15) is 0 Å². The highest BCUT2D eigenvalue weighted by Gasteiger charge is 2.55. The zero-order chi connectivity index (χ0) is 9.31. The molecule has 0 aromatic carbocycles. The smallest absolute Gasteiger partial charge is 0.394 e. The van der Waals surface area contributed by atoms with Crippen LogP contribution in [0.25, 0.3) is 0 Å². The van der Waals surface area contributed by atoms with Gasteiger partial charge in [0.15, 0.2) is 0 Å². The molecule has 1 atom stereocenters. The zero-order valence-corrected chi connectivity index (χ0v) is 8.01. The van der Waals surface area contributed by atoms with Crippen molar-refractivity contribution in [2.24, 2.45) is 0 Å². The van der Waals surface area contributed by atoms with Crippen LogP contribution in [0.4, 0.5) is 0 Å². The quantitative estimate of drug-likeness (QED) is 0.497. The molecular weight excluding hydrogens is 196 g/mol. The van der Waals surface area contributed by atoms with Crippen LogP contribution in [0.1, 0.15) is 0 Å². The second kappa shape index (κ2) is 3.62. The average molecular weight is 208 g/mol. The van der Waals surface area contributed by atoms with Gasteiger partial charge in [-0.1, -0.05) is 0 Å². The van der Waals surface area contributed by atoms with Crippen LogP contribution in [0.15, 0.2) is 0 Å². The van der Waals surface area contributed by atoms with E-state index in [1.165, 1.54) is 0 Å². The Balaban J connectivity index is 1.92. The summed E-state index contributed by atoms with van der Waals surface area (Å²) in [5.41, 5.74) is 0. The van der Waals surface area contributed by atoms with Gasteiger partial charge in [-0.15, -0.1) is 0 Å². The van der Waals surface area contributed by atoms with Crippen molar-refractivity contribution < 1.29 is 27.9 Å². The van der Waals surface area contributed by atoms with Gasteiger partial charge in [-0.3, -0.25) is 0 Å². The summed E-state index contributed by atoms with van der Waals surface area (Å²) in [5, 5.41) is 17.9. The summed E-state index contributed by atoms with van der Waals surface area (Å²) in [6.45, 7) is 0.525. The predicted molar refractivity (Wildman–Crippen MR) is 41.6 cm³/mol. The summed E-state index contributed by atoms with van der Waals surface area (Å²) in [5.74, 6) is 0. The molecule has 2 fully saturated rings. The van der Waals surface area contributed by atoms with Crippen molar-refractivity contribution in [3.63, 3.8) is 0 Å². The minimum atomic E-state index is -2.97. The Morgan fingerprint density at radius 2 is 1.77 bits per heavy atom. The van der Waals surface area contributed by atoms with E-state index >= 15 is 0 Å². The zero-order valence-electron chi connectivity index (χ0n) is 7.01. The van der Waals surface area contributed by atoms with Crippen molar-refractivity contribution in [2.75, 3.05) is 26.4 Å². The Morgan fingerprint density at radius 1 is 1.15 bits per heavy atom. The fraction of sp³-hybridized carbons (Fsp3) is 1.00. The molecule has 2 aliphatic rings. The van der Waals surface area contributed by atoms with Crippen LogP contribution in [-0.2, 0) is 17.7 Å². The first-order valence-electron chi connectivity index (χ1n) is 4.13. The molecule has 0 bridgehead atoms. The number of aliphatic hydroxyl groups is 2. The van der Waals surface area contributed by atoms with Crippen molar-refractivity contribution in [3.8, 4) is 0 Å². The van der Waals surface area contributed by atoms with Crippen LogP contribution >= 0.6 is 0 Å². The molecule has 2 N–H and O–H groups in total. The van der Waals surface area contributed by atoms with Gasteiger partial charge in [-0.25, -0.2) is 0 Å². The Hall–Kier alpha value is -0.0231. The molecule has 0 amide bonds. The molecule has 0 saturated carbocycles. The molecule has 2 rings (SSSR count). The van der Waals surface area contributed by atoms with Crippen molar-refractivity contribution in [1.82, 2.24) is 0 Å². The molecule has 2 saturated heterocycles. The lowest BCUT2D eigenvalue weighted by Crippen LogP contribution is -2.53. The maximum Gasteiger partial charge on any atom is 0.680 e. The highest BCUT2D eigenvalue weighted by atomic mass is 28.4. The van der Waals surface area contributed by atoms with Crippen molar-refractivity contribution >= 4 is 9.05 Å². The Bertz CT molecular complexity index is 180. The van der Waals surface area contributed by atoms with Gasteiger partial charge in [0, 0.05) is 0 Å². The SMILES string of the molecule is OCC1CO[Si]2(OCC(O)CO2)O1. The fourth-order valence-corrected chi connectivity index (χ4v) is 3.38. The van der Waals surface area contributed by atoms with Gasteiger partial charge in [0.25, 0.3) is 0 Å². The normalized spacial score (nSPS) is 45.7. The maximum atomic E-state index is 9.09. The first kappa shape index (κ1) is 9.53. The first-order chi connectivity index (χ1) is 6.24. The highest BCUT2D eigenvalue weighted by molar-refractivity contribution is 6.54. The third-order valence-corrected chi connectivity index (χ3v) is 4.05. The van der Waals surface area contributed by atoms with Crippen LogP contribution < -0.4 is 0 Å². The lowest BCUT2D eigenvalue weighted by molar-refractivity contribution is -0.0801. The molecule has 7 heteroatoms. The third kappa shape index (κ3) is 1.91. The van der Waals surface area contributed by atoms with Gasteiger partial charge < -0.3 is 27.9 Å². The number of hydrogen-bond donors (Lipinski definition) is 2. The van der Waals surface area contributed by atoms with Crippen LogP contribution in [0.3, 0.4) is 0 Å². The van der Waals surface area contributed by atoms with Gasteiger partial charge >= 0.3 is 9.05 Å². The minimum Gasteiger partial charge on any atom is -0.394 e. The summed E-state index contributed by atoms with van der Waals surface area (Å²) >= 11 is 0. The van der Waals surface area contributed by atoms with Crippen molar-refractivity contribution in [1.29, 1.82) is 0 Å². The van der Waals surface area contributed by atoms with Crippen LogP contribution in [-0.4, -0.2) is 57.9 Å². The molecule has 0 aliphatic carbocycles. The number of hydrogen-bond acceptors (Lipinski definition) is 6. The summed E-state index contributed by atoms with van der Waals surface area (Å²) in [6.07, 6.45) is -0.972. The van der Waals surface area contributed by atoms with E-state index in [0.717, 1.165) is 0 Å². The largest absolute Gasteiger partial charge is 0.680 e. The maximum absolute atomic E-state index is 9.09. The predicted octanol–water partition coefficient (Wildman–Crippen LogP) is -1.76. The summed E-state index contributed by atoms with van der Waals surface area (Å²) < 4.78 is 20.9. The molecule has 1 unspecified atom stereocenters. The van der Waals surface area contributed by atoms with E-state index in [1.807, 2.05) is 0 Å². The van der Waals surface area contributed by atoms with E-state index in [1.54, 1.807) is 0 Å². The summed E-state index contributed by atoms with van der Waals surface area (Å²) in [4.78, 5) is 0. The number of aliphatic hydroxyl groups excluding tert-OH is 2. The Morgan fingerprint density at radius 3 is 2.31 bits per heavy atom. The van der Waals surface area contributed by atoms with Crippen LogP contribution in [0, 0.1) is 0 Å². The third-order valence-electron chi connectivity index (χ3n) is 1.87. The van der Waals surface area contributed by atoms with Crippen LogP contribution in [0.5, 0.6) is 0 Å². The first-order valence-corrected chi connectivity index (χ1v) is 5.76. The molecular formula is C6H12O6Si. The van der Waals surface area contributed by atoms with Gasteiger partial charge in [0.2, 0.25) is 0 Å². The van der Waals surface area contributed by atoms with Gasteiger partial charge in [-0.05, 0) is 0 Å². The molecule has 0 aromatic heterocycles. The van der Waals surface area contributed by atoms with E-state index < -0.39 is 15.2 Å². The average Bonchev–Trinajstić information content (AvgIpc) is 2.55. The standard InChI is InChI=1S/C6H12O6Si/c7-1-6-4-11-13(12-6)9-2-5(8)3-10-13/h5-8H,1-4H2. The van der Waals surface area contributed by atoms with E-state index in [-0.39, 0.29) is 25.9 Å². The molecule has 0 aromatic rings.